The number of thiocarbonyl (C=S) groups is 1. The molecule has 9 heteroatoms. The Hall–Kier alpha value is -3.75. The molecule has 0 radical (unpaired) electrons. The lowest BCUT2D eigenvalue weighted by Gasteiger charge is -2.29. The van der Waals surface area contributed by atoms with Crippen LogP contribution in [-0.2, 0) is 9.59 Å². The lowest BCUT2D eigenvalue weighted by molar-refractivity contribution is -0.122. The van der Waals surface area contributed by atoms with Gasteiger partial charge in [0.1, 0.15) is 5.57 Å². The van der Waals surface area contributed by atoms with Crippen LogP contribution in [0.2, 0.25) is 5.02 Å². The highest BCUT2D eigenvalue weighted by atomic mass is 35.5. The summed E-state index contributed by atoms with van der Waals surface area (Å²) in [5.74, 6) is -2.41. The average Bonchev–Trinajstić information content (AvgIpc) is 3.04. The molecule has 1 aromatic heterocycles. The number of amides is 2. The molecule has 3 aromatic rings. The third-order valence-electron chi connectivity index (χ3n) is 5.32. The van der Waals surface area contributed by atoms with Gasteiger partial charge in [0.25, 0.3) is 11.8 Å². The number of benzene rings is 2. The summed E-state index contributed by atoms with van der Waals surface area (Å²) in [4.78, 5) is 38.4. The first-order valence-electron chi connectivity index (χ1n) is 9.87. The van der Waals surface area contributed by atoms with Gasteiger partial charge in [0, 0.05) is 11.4 Å². The van der Waals surface area contributed by atoms with Gasteiger partial charge in [-0.05, 0) is 74.1 Å². The van der Waals surface area contributed by atoms with Crippen LogP contribution in [0, 0.1) is 13.8 Å². The second kappa shape index (κ2) is 8.65. The summed E-state index contributed by atoms with van der Waals surface area (Å²) in [6.07, 6.45) is 1.50. The molecule has 0 saturated carbocycles. The minimum atomic E-state index is -1.14. The summed E-state index contributed by atoms with van der Waals surface area (Å²) in [6, 6.07) is 15.0. The number of carbonyl (C=O) groups excluding carboxylic acids is 2. The van der Waals surface area contributed by atoms with Gasteiger partial charge in [0.05, 0.1) is 22.0 Å². The fourth-order valence-corrected chi connectivity index (χ4v) is 4.26. The Morgan fingerprint density at radius 1 is 1.09 bits per heavy atom. The molecule has 0 spiro atoms. The Labute approximate surface area is 199 Å². The zero-order chi connectivity index (χ0) is 23.9. The van der Waals surface area contributed by atoms with Gasteiger partial charge in [-0.3, -0.25) is 19.8 Å². The molecule has 1 fully saturated rings. The topological polar surface area (TPSA) is 91.6 Å². The molecule has 166 valence electrons. The van der Waals surface area contributed by atoms with Crippen molar-refractivity contribution >= 4 is 58.5 Å². The number of aromatic nitrogens is 1. The largest absolute Gasteiger partial charge is 0.478 e. The van der Waals surface area contributed by atoms with Gasteiger partial charge in [-0.25, -0.2) is 4.79 Å². The number of aryl methyl sites for hydroxylation is 1. The molecule has 7 nitrogen and oxygen atoms in total. The van der Waals surface area contributed by atoms with E-state index in [9.17, 15) is 19.5 Å². The molecule has 2 amide bonds. The van der Waals surface area contributed by atoms with Gasteiger partial charge in [-0.2, -0.15) is 0 Å². The molecule has 1 aliphatic heterocycles. The van der Waals surface area contributed by atoms with Crippen LogP contribution in [0.3, 0.4) is 0 Å². The van der Waals surface area contributed by atoms with Crippen molar-refractivity contribution in [3.05, 3.63) is 87.7 Å². The minimum absolute atomic E-state index is 0.00573. The summed E-state index contributed by atoms with van der Waals surface area (Å²) >= 11 is 11.6. The predicted molar refractivity (Wildman–Crippen MR) is 130 cm³/mol. The maximum Gasteiger partial charge on any atom is 0.335 e. The number of anilines is 1. The first-order chi connectivity index (χ1) is 15.7. The van der Waals surface area contributed by atoms with E-state index in [1.54, 1.807) is 12.1 Å². The molecular formula is C24H18ClN3O4S. The number of nitrogens with one attached hydrogen (secondary N) is 1. The van der Waals surface area contributed by atoms with Crippen LogP contribution in [0.5, 0.6) is 0 Å². The lowest BCUT2D eigenvalue weighted by Crippen LogP contribution is -2.54. The zero-order valence-electron chi connectivity index (χ0n) is 17.6. The molecule has 1 aliphatic rings. The second-order valence-electron chi connectivity index (χ2n) is 7.43. The summed E-state index contributed by atoms with van der Waals surface area (Å²) in [5.41, 5.74) is 3.23. The first kappa shape index (κ1) is 22.4. The van der Waals surface area contributed by atoms with Gasteiger partial charge in [-0.15, -0.1) is 0 Å². The van der Waals surface area contributed by atoms with Gasteiger partial charge < -0.3 is 9.67 Å². The number of aromatic carboxylic acids is 1. The van der Waals surface area contributed by atoms with E-state index in [2.05, 4.69) is 5.32 Å². The normalized spacial score (nSPS) is 15.2. The van der Waals surface area contributed by atoms with Gasteiger partial charge in [0.15, 0.2) is 5.11 Å². The molecule has 0 atom stereocenters. The number of hydrogen-bond acceptors (Lipinski definition) is 4. The van der Waals surface area contributed by atoms with Crippen molar-refractivity contribution in [2.45, 2.75) is 13.8 Å². The Kier molecular flexibility index (Phi) is 5.88. The van der Waals surface area contributed by atoms with Crippen LogP contribution in [0.15, 0.2) is 60.2 Å². The van der Waals surface area contributed by atoms with Crippen LogP contribution >= 0.6 is 23.8 Å². The van der Waals surface area contributed by atoms with E-state index in [4.69, 9.17) is 23.8 Å². The third-order valence-corrected chi connectivity index (χ3v) is 5.92. The summed E-state index contributed by atoms with van der Waals surface area (Å²) in [6.45, 7) is 3.77. The predicted octanol–water partition coefficient (Wildman–Crippen LogP) is 4.28. The molecule has 0 aliphatic carbocycles. The fraction of sp³-hybridized carbons (Fsp3) is 0.0833. The quantitative estimate of drug-likeness (QED) is 0.331. The van der Waals surface area contributed by atoms with Crippen molar-refractivity contribution < 1.29 is 19.5 Å². The number of rotatable bonds is 4. The molecule has 0 bridgehead atoms. The fourth-order valence-electron chi connectivity index (χ4n) is 3.76. The molecule has 2 aromatic carbocycles. The summed E-state index contributed by atoms with van der Waals surface area (Å²) in [7, 11) is 0. The van der Waals surface area contributed by atoms with E-state index in [0.717, 1.165) is 22.0 Å². The van der Waals surface area contributed by atoms with Crippen molar-refractivity contribution in [1.82, 2.24) is 9.88 Å². The number of carboxylic acid groups (broad SMARTS) is 1. The van der Waals surface area contributed by atoms with Crippen molar-refractivity contribution in [2.75, 3.05) is 4.90 Å². The van der Waals surface area contributed by atoms with E-state index in [0.29, 0.717) is 10.6 Å². The second-order valence-corrected chi connectivity index (χ2v) is 8.22. The number of carbonyl (C=O) groups is 3. The highest BCUT2D eigenvalue weighted by Crippen LogP contribution is 2.29. The maximum absolute atomic E-state index is 13.3. The number of para-hydroxylation sites is 1. The Morgan fingerprint density at radius 2 is 1.82 bits per heavy atom. The van der Waals surface area contributed by atoms with E-state index >= 15 is 0 Å². The molecule has 4 rings (SSSR count). The minimum Gasteiger partial charge on any atom is -0.478 e. The molecule has 2 heterocycles. The molecular weight excluding hydrogens is 462 g/mol. The van der Waals surface area contributed by atoms with Crippen LogP contribution in [0.4, 0.5) is 5.69 Å². The van der Waals surface area contributed by atoms with E-state index in [1.807, 2.05) is 42.7 Å². The van der Waals surface area contributed by atoms with E-state index in [-0.39, 0.29) is 21.9 Å². The highest BCUT2D eigenvalue weighted by molar-refractivity contribution is 7.80. The Morgan fingerprint density at radius 3 is 2.52 bits per heavy atom. The standard InChI is InChI=1S/C24H18ClN3O4S/c1-13-10-16(14(2)27(13)20-9-4-3-8-19(20)25)12-18-21(29)26-24(33)28(22(18)30)17-7-5-6-15(11-17)23(31)32/h3-12H,1-2H3,(H,31,32)(H,26,29,33). The Balaban J connectivity index is 1.78. The van der Waals surface area contributed by atoms with Crippen LogP contribution in [-0.4, -0.2) is 32.6 Å². The third kappa shape index (κ3) is 4.06. The van der Waals surface area contributed by atoms with Crippen molar-refractivity contribution in [3.8, 4) is 5.69 Å². The van der Waals surface area contributed by atoms with E-state index in [1.165, 1.54) is 24.3 Å². The average molecular weight is 480 g/mol. The Bertz CT molecular complexity index is 1380. The van der Waals surface area contributed by atoms with E-state index < -0.39 is 17.8 Å². The molecule has 2 N–H and O–H groups in total. The first-order valence-corrected chi connectivity index (χ1v) is 10.7. The van der Waals surface area contributed by atoms with Crippen LogP contribution < -0.4 is 10.2 Å². The van der Waals surface area contributed by atoms with Gasteiger partial charge >= 0.3 is 5.97 Å². The van der Waals surface area contributed by atoms with Crippen molar-refractivity contribution in [2.24, 2.45) is 0 Å². The summed E-state index contributed by atoms with van der Waals surface area (Å²) < 4.78 is 1.94. The van der Waals surface area contributed by atoms with Gasteiger partial charge in [-0.1, -0.05) is 29.8 Å². The summed E-state index contributed by atoms with van der Waals surface area (Å²) in [5, 5.41) is 12.2. The zero-order valence-corrected chi connectivity index (χ0v) is 19.2. The molecule has 33 heavy (non-hydrogen) atoms. The van der Waals surface area contributed by atoms with Crippen LogP contribution in [0.25, 0.3) is 11.8 Å². The highest BCUT2D eigenvalue weighted by Gasteiger charge is 2.35. The maximum atomic E-state index is 13.3. The van der Waals surface area contributed by atoms with Crippen molar-refractivity contribution in [3.63, 3.8) is 0 Å². The smallest absolute Gasteiger partial charge is 0.335 e. The van der Waals surface area contributed by atoms with Gasteiger partial charge in [0.2, 0.25) is 0 Å². The number of carboxylic acids is 1. The lowest BCUT2D eigenvalue weighted by atomic mass is 10.1. The molecule has 1 saturated heterocycles. The number of halogens is 1. The number of nitrogens with zero attached hydrogens (tertiary/aromatic N) is 2. The molecule has 0 unspecified atom stereocenters. The van der Waals surface area contributed by atoms with Crippen LogP contribution in [0.1, 0.15) is 27.3 Å². The monoisotopic (exact) mass is 479 g/mol. The van der Waals surface area contributed by atoms with Crippen molar-refractivity contribution in [1.29, 1.82) is 0 Å². The SMILES string of the molecule is Cc1cc(C=C2C(=O)NC(=S)N(c3cccc(C(=O)O)c3)C2=O)c(C)n1-c1ccccc1Cl. The number of hydrogen-bond donors (Lipinski definition) is 2.